The third kappa shape index (κ3) is 3.81. The molecule has 2 atom stereocenters. The van der Waals surface area contributed by atoms with Crippen molar-refractivity contribution in [3.05, 3.63) is 58.7 Å². The van der Waals surface area contributed by atoms with Gasteiger partial charge in [-0.05, 0) is 56.5 Å². The lowest BCUT2D eigenvalue weighted by Gasteiger charge is -2.36. The molecule has 158 valence electrons. The maximum absolute atomic E-state index is 11.8. The van der Waals surface area contributed by atoms with E-state index in [9.17, 15) is 4.79 Å². The van der Waals surface area contributed by atoms with Gasteiger partial charge in [-0.15, -0.1) is 0 Å². The molecule has 2 aromatic rings. The summed E-state index contributed by atoms with van der Waals surface area (Å²) < 4.78 is 16.6. The van der Waals surface area contributed by atoms with Crippen molar-refractivity contribution < 1.29 is 19.0 Å². The van der Waals surface area contributed by atoms with Crippen molar-refractivity contribution in [1.29, 1.82) is 0 Å². The minimum atomic E-state index is -0.333. The Morgan fingerprint density at radius 3 is 2.33 bits per heavy atom. The smallest absolute Gasteiger partial charge is 0.337 e. The van der Waals surface area contributed by atoms with Gasteiger partial charge in [0.25, 0.3) is 0 Å². The lowest BCUT2D eigenvalue weighted by molar-refractivity contribution is 0.0600. The molecule has 1 saturated carbocycles. The van der Waals surface area contributed by atoms with Gasteiger partial charge in [-0.3, -0.25) is 4.99 Å². The van der Waals surface area contributed by atoms with Gasteiger partial charge in [-0.2, -0.15) is 0 Å². The lowest BCUT2D eigenvalue weighted by Crippen LogP contribution is -2.29. The second-order valence-corrected chi connectivity index (χ2v) is 7.76. The van der Waals surface area contributed by atoms with E-state index in [4.69, 9.17) is 19.2 Å². The zero-order chi connectivity index (χ0) is 21.1. The average Bonchev–Trinajstić information content (AvgIpc) is 2.79. The van der Waals surface area contributed by atoms with E-state index in [0.717, 1.165) is 41.2 Å². The molecular weight excluding hydrogens is 378 g/mol. The number of fused-ring (bicyclic) bond motifs is 3. The maximum Gasteiger partial charge on any atom is 0.337 e. The number of hydrogen-bond donors (Lipinski definition) is 0. The predicted octanol–water partition coefficient (Wildman–Crippen LogP) is 5.15. The fraction of sp³-hybridized carbons (Fsp3) is 0.440. The third-order valence-corrected chi connectivity index (χ3v) is 5.97. The molecule has 30 heavy (non-hydrogen) atoms. The summed E-state index contributed by atoms with van der Waals surface area (Å²) in [5.41, 5.74) is 4.91. The zero-order valence-corrected chi connectivity index (χ0v) is 17.9. The molecule has 0 amide bonds. The molecule has 1 aliphatic carbocycles. The largest absolute Gasteiger partial charge is 0.490 e. The summed E-state index contributed by atoms with van der Waals surface area (Å²) in [4.78, 5) is 17.0. The highest BCUT2D eigenvalue weighted by Gasteiger charge is 2.34. The number of carbonyl (C=O) groups is 1. The Kier molecular flexibility index (Phi) is 6.07. The number of hydrogen-bond acceptors (Lipinski definition) is 5. The van der Waals surface area contributed by atoms with Crippen molar-refractivity contribution in [3.63, 3.8) is 0 Å². The van der Waals surface area contributed by atoms with Crippen LogP contribution in [0.4, 0.5) is 0 Å². The molecule has 2 aliphatic rings. The molecule has 5 nitrogen and oxygen atoms in total. The average molecular weight is 408 g/mol. The van der Waals surface area contributed by atoms with Crippen LogP contribution in [-0.2, 0) is 4.74 Å². The highest BCUT2D eigenvalue weighted by Crippen LogP contribution is 2.45. The number of carbonyl (C=O) groups excluding carboxylic acids is 1. The standard InChI is InChI=1S/C25H29NO4/c1-4-29-22-14-19-18-8-6-7-9-21(18)26-24(20(19)15-23(22)30-5-2)16-10-12-17(13-11-16)25(27)28-3/h10-15,18,21H,4-9H2,1-3H3/t18-,21-/m1/s1. The first-order valence-electron chi connectivity index (χ1n) is 10.9. The van der Waals surface area contributed by atoms with Gasteiger partial charge in [0.1, 0.15) is 0 Å². The number of rotatable bonds is 6. The number of aliphatic imine (C=N–C) groups is 1. The van der Waals surface area contributed by atoms with Gasteiger partial charge in [0.2, 0.25) is 0 Å². The molecule has 0 spiro atoms. The normalized spacial score (nSPS) is 19.9. The van der Waals surface area contributed by atoms with Crippen LogP contribution in [0.2, 0.25) is 0 Å². The number of esters is 1. The summed E-state index contributed by atoms with van der Waals surface area (Å²) in [6.07, 6.45) is 4.70. The van der Waals surface area contributed by atoms with E-state index < -0.39 is 0 Å². The predicted molar refractivity (Wildman–Crippen MR) is 117 cm³/mol. The van der Waals surface area contributed by atoms with Gasteiger partial charge < -0.3 is 14.2 Å². The number of benzene rings is 2. The number of nitrogens with zero attached hydrogens (tertiary/aromatic N) is 1. The van der Waals surface area contributed by atoms with Crippen LogP contribution in [0.1, 0.15) is 72.5 Å². The second-order valence-electron chi connectivity index (χ2n) is 7.76. The first-order chi connectivity index (χ1) is 14.7. The fourth-order valence-corrected chi connectivity index (χ4v) is 4.60. The summed E-state index contributed by atoms with van der Waals surface area (Å²) in [7, 11) is 1.39. The van der Waals surface area contributed by atoms with E-state index in [1.165, 1.54) is 25.5 Å². The summed E-state index contributed by atoms with van der Waals surface area (Å²) in [5, 5.41) is 0. The SMILES string of the molecule is CCOc1cc2c(cc1OCC)[C@H]1CCCC[C@H]1N=C2c1ccc(C(=O)OC)cc1. The fourth-order valence-electron chi connectivity index (χ4n) is 4.60. The Labute approximate surface area is 178 Å². The van der Waals surface area contributed by atoms with Crippen LogP contribution in [0.15, 0.2) is 41.4 Å². The van der Waals surface area contributed by atoms with Crippen LogP contribution >= 0.6 is 0 Å². The molecule has 0 unspecified atom stereocenters. The van der Waals surface area contributed by atoms with Gasteiger partial charge in [0.05, 0.1) is 37.6 Å². The summed E-state index contributed by atoms with van der Waals surface area (Å²) >= 11 is 0. The van der Waals surface area contributed by atoms with Crippen LogP contribution in [0.25, 0.3) is 0 Å². The molecule has 1 heterocycles. The van der Waals surface area contributed by atoms with Crippen LogP contribution in [0.5, 0.6) is 11.5 Å². The van der Waals surface area contributed by atoms with E-state index in [0.29, 0.717) is 24.7 Å². The summed E-state index contributed by atoms with van der Waals surface area (Å²) in [5.74, 6) is 1.65. The molecule has 0 saturated heterocycles. The molecule has 1 fully saturated rings. The second kappa shape index (κ2) is 8.90. The molecule has 5 heteroatoms. The Hall–Kier alpha value is -2.82. The Bertz CT molecular complexity index is 948. The minimum Gasteiger partial charge on any atom is -0.490 e. The van der Waals surface area contributed by atoms with Gasteiger partial charge in [-0.25, -0.2) is 4.79 Å². The van der Waals surface area contributed by atoms with E-state index >= 15 is 0 Å². The lowest BCUT2D eigenvalue weighted by atomic mass is 9.75. The summed E-state index contributed by atoms with van der Waals surface area (Å²) in [6, 6.07) is 12.0. The van der Waals surface area contributed by atoms with E-state index in [1.807, 2.05) is 26.0 Å². The molecule has 0 radical (unpaired) electrons. The number of methoxy groups -OCH3 is 1. The Balaban J connectivity index is 1.82. The van der Waals surface area contributed by atoms with E-state index in [2.05, 4.69) is 12.1 Å². The van der Waals surface area contributed by atoms with Crippen LogP contribution < -0.4 is 9.47 Å². The quantitative estimate of drug-likeness (QED) is 0.622. The molecule has 0 aromatic heterocycles. The topological polar surface area (TPSA) is 57.1 Å². The molecule has 0 bridgehead atoms. The molecule has 4 rings (SSSR count). The molecule has 2 aromatic carbocycles. The zero-order valence-electron chi connectivity index (χ0n) is 17.9. The van der Waals surface area contributed by atoms with Crippen LogP contribution in [0, 0.1) is 0 Å². The molecule has 1 aliphatic heterocycles. The van der Waals surface area contributed by atoms with Crippen molar-refractivity contribution in [2.24, 2.45) is 4.99 Å². The first-order valence-corrected chi connectivity index (χ1v) is 10.9. The minimum absolute atomic E-state index is 0.286. The monoisotopic (exact) mass is 407 g/mol. The van der Waals surface area contributed by atoms with Crippen molar-refractivity contribution in [1.82, 2.24) is 0 Å². The summed E-state index contributed by atoms with van der Waals surface area (Å²) in [6.45, 7) is 5.15. The van der Waals surface area contributed by atoms with Crippen LogP contribution in [0.3, 0.4) is 0 Å². The maximum atomic E-state index is 11.8. The first kappa shape index (κ1) is 20.5. The van der Waals surface area contributed by atoms with Crippen molar-refractivity contribution in [2.75, 3.05) is 20.3 Å². The molecule has 0 N–H and O–H groups in total. The van der Waals surface area contributed by atoms with Crippen molar-refractivity contribution in [3.8, 4) is 11.5 Å². The van der Waals surface area contributed by atoms with Gasteiger partial charge in [0.15, 0.2) is 11.5 Å². The van der Waals surface area contributed by atoms with Crippen molar-refractivity contribution >= 4 is 11.7 Å². The van der Waals surface area contributed by atoms with Gasteiger partial charge in [-0.1, -0.05) is 25.0 Å². The highest BCUT2D eigenvalue weighted by atomic mass is 16.5. The third-order valence-electron chi connectivity index (χ3n) is 5.97. The number of ether oxygens (including phenoxy) is 3. The van der Waals surface area contributed by atoms with Crippen molar-refractivity contribution in [2.45, 2.75) is 51.5 Å². The van der Waals surface area contributed by atoms with Gasteiger partial charge >= 0.3 is 5.97 Å². The Morgan fingerprint density at radius 1 is 1.00 bits per heavy atom. The molecular formula is C25H29NO4. The van der Waals surface area contributed by atoms with Gasteiger partial charge in [0, 0.05) is 17.0 Å². The van der Waals surface area contributed by atoms with E-state index in [-0.39, 0.29) is 12.0 Å². The van der Waals surface area contributed by atoms with Crippen LogP contribution in [-0.4, -0.2) is 38.0 Å². The van der Waals surface area contributed by atoms with E-state index in [1.54, 1.807) is 12.1 Å². The highest BCUT2D eigenvalue weighted by molar-refractivity contribution is 6.15. The Morgan fingerprint density at radius 2 is 1.67 bits per heavy atom.